The SMILES string of the molecule is CCCCNc1nc(N)nc2c3ccccc3n(Cc3cc(CNCCN4CCSCC4)ccc3OC)c12. The maximum absolute atomic E-state index is 6.15. The normalized spacial score (nSPS) is 14.4. The molecule has 38 heavy (non-hydrogen) atoms. The number of unbranched alkanes of at least 4 members (excludes halogenated alkanes) is 1. The van der Waals surface area contributed by atoms with Gasteiger partial charge >= 0.3 is 0 Å². The molecule has 9 heteroatoms. The van der Waals surface area contributed by atoms with E-state index in [1.807, 2.05) is 6.07 Å². The number of fused-ring (bicyclic) bond motifs is 3. The van der Waals surface area contributed by atoms with Crippen LogP contribution in [0.1, 0.15) is 30.9 Å². The molecule has 0 spiro atoms. The van der Waals surface area contributed by atoms with Crippen LogP contribution in [-0.2, 0) is 13.1 Å². The van der Waals surface area contributed by atoms with E-state index in [4.69, 9.17) is 10.5 Å². The Morgan fingerprint density at radius 3 is 2.74 bits per heavy atom. The van der Waals surface area contributed by atoms with Crippen molar-refractivity contribution in [1.82, 2.24) is 24.8 Å². The zero-order chi connectivity index (χ0) is 26.3. The molecule has 0 amide bonds. The van der Waals surface area contributed by atoms with Gasteiger partial charge in [-0.05, 0) is 30.2 Å². The van der Waals surface area contributed by atoms with Gasteiger partial charge < -0.3 is 30.6 Å². The van der Waals surface area contributed by atoms with Crippen LogP contribution in [0.5, 0.6) is 5.75 Å². The molecule has 0 aliphatic carbocycles. The van der Waals surface area contributed by atoms with Crippen molar-refractivity contribution in [3.63, 3.8) is 0 Å². The number of hydrogen-bond acceptors (Lipinski definition) is 8. The summed E-state index contributed by atoms with van der Waals surface area (Å²) in [4.78, 5) is 11.8. The Kier molecular flexibility index (Phi) is 8.88. The molecule has 2 aromatic heterocycles. The fraction of sp³-hybridized carbons (Fsp3) is 0.448. The molecule has 5 rings (SSSR count). The van der Waals surface area contributed by atoms with Crippen LogP contribution in [0.2, 0.25) is 0 Å². The van der Waals surface area contributed by atoms with Crippen LogP contribution in [0.3, 0.4) is 0 Å². The average molecular weight is 534 g/mol. The van der Waals surface area contributed by atoms with E-state index in [1.165, 1.54) is 30.2 Å². The van der Waals surface area contributed by atoms with Crippen LogP contribution in [0.15, 0.2) is 42.5 Å². The van der Waals surface area contributed by atoms with Gasteiger partial charge in [0, 0.05) is 61.7 Å². The lowest BCUT2D eigenvalue weighted by Crippen LogP contribution is -2.37. The van der Waals surface area contributed by atoms with E-state index in [0.29, 0.717) is 6.54 Å². The number of para-hydroxylation sites is 1. The molecular formula is C29H39N7OS. The lowest BCUT2D eigenvalue weighted by atomic mass is 10.1. The highest BCUT2D eigenvalue weighted by molar-refractivity contribution is 7.99. The first kappa shape index (κ1) is 26.6. The Morgan fingerprint density at radius 2 is 1.92 bits per heavy atom. The lowest BCUT2D eigenvalue weighted by molar-refractivity contribution is 0.301. The average Bonchev–Trinajstić information content (AvgIpc) is 3.25. The molecule has 0 unspecified atom stereocenters. The molecule has 1 fully saturated rings. The van der Waals surface area contributed by atoms with Crippen LogP contribution in [0.25, 0.3) is 21.9 Å². The highest BCUT2D eigenvalue weighted by Gasteiger charge is 2.19. The molecule has 1 aliphatic rings. The van der Waals surface area contributed by atoms with Gasteiger partial charge in [0.1, 0.15) is 16.8 Å². The Labute approximate surface area is 229 Å². The summed E-state index contributed by atoms with van der Waals surface area (Å²) in [6.45, 7) is 8.98. The van der Waals surface area contributed by atoms with Crippen molar-refractivity contribution in [1.29, 1.82) is 0 Å². The highest BCUT2D eigenvalue weighted by atomic mass is 32.2. The molecule has 4 aromatic rings. The van der Waals surface area contributed by atoms with Gasteiger partial charge in [-0.3, -0.25) is 0 Å². The predicted molar refractivity (Wildman–Crippen MR) is 160 cm³/mol. The Hall–Kier alpha value is -3.01. The lowest BCUT2D eigenvalue weighted by Gasteiger charge is -2.26. The number of nitrogens with one attached hydrogen (secondary N) is 2. The van der Waals surface area contributed by atoms with Crippen molar-refractivity contribution in [3.8, 4) is 5.75 Å². The van der Waals surface area contributed by atoms with Crippen molar-refractivity contribution in [2.45, 2.75) is 32.9 Å². The molecule has 2 aromatic carbocycles. The summed E-state index contributed by atoms with van der Waals surface area (Å²) >= 11 is 2.05. The molecule has 3 heterocycles. The maximum atomic E-state index is 6.15. The molecule has 0 atom stereocenters. The molecule has 0 bridgehead atoms. The minimum Gasteiger partial charge on any atom is -0.496 e. The second-order valence-electron chi connectivity index (χ2n) is 9.79. The van der Waals surface area contributed by atoms with E-state index >= 15 is 0 Å². The van der Waals surface area contributed by atoms with Gasteiger partial charge in [-0.15, -0.1) is 0 Å². The van der Waals surface area contributed by atoms with E-state index in [1.54, 1.807) is 7.11 Å². The van der Waals surface area contributed by atoms with Crippen molar-refractivity contribution < 1.29 is 4.74 Å². The third-order valence-electron chi connectivity index (χ3n) is 7.15. The number of methoxy groups -OCH3 is 1. The van der Waals surface area contributed by atoms with Crippen molar-refractivity contribution in [2.75, 3.05) is 62.4 Å². The number of nitrogens with zero attached hydrogens (tertiary/aromatic N) is 4. The topological polar surface area (TPSA) is 93.3 Å². The molecule has 1 saturated heterocycles. The van der Waals surface area contributed by atoms with Crippen LogP contribution >= 0.6 is 11.8 Å². The number of anilines is 2. The first-order chi connectivity index (χ1) is 18.7. The molecule has 8 nitrogen and oxygen atoms in total. The van der Waals surface area contributed by atoms with Gasteiger partial charge in [-0.1, -0.05) is 37.6 Å². The van der Waals surface area contributed by atoms with E-state index in [0.717, 1.165) is 78.1 Å². The van der Waals surface area contributed by atoms with E-state index < -0.39 is 0 Å². The number of thioether (sulfide) groups is 1. The van der Waals surface area contributed by atoms with Crippen LogP contribution in [-0.4, -0.2) is 70.8 Å². The molecule has 0 radical (unpaired) electrons. The molecular weight excluding hydrogens is 494 g/mol. The minimum atomic E-state index is 0.286. The fourth-order valence-corrected chi connectivity index (χ4v) is 6.13. The van der Waals surface area contributed by atoms with E-state index in [2.05, 4.69) is 85.2 Å². The fourth-order valence-electron chi connectivity index (χ4n) is 5.15. The van der Waals surface area contributed by atoms with E-state index in [9.17, 15) is 0 Å². The quantitative estimate of drug-likeness (QED) is 0.228. The first-order valence-corrected chi connectivity index (χ1v) is 14.8. The van der Waals surface area contributed by atoms with Gasteiger partial charge in [0.2, 0.25) is 5.95 Å². The van der Waals surface area contributed by atoms with Crippen molar-refractivity contribution in [3.05, 3.63) is 53.6 Å². The summed E-state index contributed by atoms with van der Waals surface area (Å²) < 4.78 is 8.09. The third kappa shape index (κ3) is 6.00. The summed E-state index contributed by atoms with van der Waals surface area (Å²) in [5.41, 5.74) is 11.5. The van der Waals surface area contributed by atoms with Crippen molar-refractivity contribution in [2.24, 2.45) is 0 Å². The largest absolute Gasteiger partial charge is 0.496 e. The molecule has 1 aliphatic heterocycles. The predicted octanol–water partition coefficient (Wildman–Crippen LogP) is 4.57. The Morgan fingerprint density at radius 1 is 1.08 bits per heavy atom. The number of hydrogen-bond donors (Lipinski definition) is 3. The van der Waals surface area contributed by atoms with Gasteiger partial charge in [0.05, 0.1) is 19.2 Å². The number of benzene rings is 2. The number of rotatable bonds is 12. The number of nitrogen functional groups attached to an aromatic ring is 1. The molecule has 4 N–H and O–H groups in total. The number of nitrogens with two attached hydrogens (primary N) is 1. The van der Waals surface area contributed by atoms with Gasteiger partial charge in [-0.2, -0.15) is 16.7 Å². The van der Waals surface area contributed by atoms with E-state index in [-0.39, 0.29) is 5.95 Å². The first-order valence-electron chi connectivity index (χ1n) is 13.6. The molecule has 0 saturated carbocycles. The minimum absolute atomic E-state index is 0.286. The highest BCUT2D eigenvalue weighted by Crippen LogP contribution is 2.34. The summed E-state index contributed by atoms with van der Waals surface area (Å²) in [7, 11) is 1.74. The maximum Gasteiger partial charge on any atom is 0.222 e. The molecule has 202 valence electrons. The van der Waals surface area contributed by atoms with Crippen LogP contribution in [0.4, 0.5) is 11.8 Å². The smallest absolute Gasteiger partial charge is 0.222 e. The number of ether oxygens (including phenoxy) is 1. The van der Waals surface area contributed by atoms with Crippen LogP contribution < -0.4 is 21.1 Å². The van der Waals surface area contributed by atoms with Gasteiger partial charge in [0.25, 0.3) is 0 Å². The van der Waals surface area contributed by atoms with Crippen LogP contribution in [0, 0.1) is 0 Å². The summed E-state index contributed by atoms with van der Waals surface area (Å²) in [5, 5.41) is 8.23. The summed E-state index contributed by atoms with van der Waals surface area (Å²) in [5.74, 6) is 4.44. The van der Waals surface area contributed by atoms with Crippen molar-refractivity contribution >= 4 is 45.5 Å². The van der Waals surface area contributed by atoms with Gasteiger partial charge in [0.15, 0.2) is 5.82 Å². The zero-order valence-electron chi connectivity index (χ0n) is 22.5. The summed E-state index contributed by atoms with van der Waals surface area (Å²) in [6.07, 6.45) is 2.17. The second kappa shape index (κ2) is 12.7. The zero-order valence-corrected chi connectivity index (χ0v) is 23.3. The second-order valence-corrected chi connectivity index (χ2v) is 11.0. The number of aromatic nitrogens is 3. The van der Waals surface area contributed by atoms with Gasteiger partial charge in [-0.25, -0.2) is 4.98 Å². The summed E-state index contributed by atoms with van der Waals surface area (Å²) in [6, 6.07) is 14.8. The Balaban J connectivity index is 1.43. The Bertz CT molecular complexity index is 1370. The monoisotopic (exact) mass is 533 g/mol. The standard InChI is InChI=1S/C29H39N7OS/c1-3-4-11-32-28-27-26(33-29(30)34-28)23-7-5-6-8-24(23)36(27)20-22-18-21(9-10-25(22)37-2)19-31-12-13-35-14-16-38-17-15-35/h5-10,18,31H,3-4,11-17,19-20H2,1-2H3,(H3,30,32,33,34). The third-order valence-corrected chi connectivity index (χ3v) is 8.10.